The van der Waals surface area contributed by atoms with Crippen LogP contribution in [0.25, 0.3) is 5.69 Å². The zero-order valence-corrected chi connectivity index (χ0v) is 16.3. The Bertz CT molecular complexity index is 1090. The number of nitrogens with zero attached hydrogens (tertiary/aromatic N) is 3. The van der Waals surface area contributed by atoms with Crippen LogP contribution < -0.4 is 10.2 Å². The van der Waals surface area contributed by atoms with Crippen molar-refractivity contribution < 1.29 is 9.59 Å². The summed E-state index contributed by atoms with van der Waals surface area (Å²) in [5.74, 6) is 0.254. The number of para-hydroxylation sites is 1. The lowest BCUT2D eigenvalue weighted by molar-refractivity contribution is -0.116. The Morgan fingerprint density at radius 2 is 1.93 bits per heavy atom. The van der Waals surface area contributed by atoms with E-state index in [1.165, 1.54) is 0 Å². The molecule has 142 valence electrons. The van der Waals surface area contributed by atoms with Gasteiger partial charge in [0.25, 0.3) is 5.91 Å². The first-order valence-electron chi connectivity index (χ1n) is 8.97. The second-order valence-electron chi connectivity index (χ2n) is 6.77. The molecule has 2 heterocycles. The number of hydrogen-bond donors (Lipinski definition) is 1. The van der Waals surface area contributed by atoms with Crippen LogP contribution in [0, 0.1) is 6.92 Å². The van der Waals surface area contributed by atoms with E-state index in [-0.39, 0.29) is 11.8 Å². The van der Waals surface area contributed by atoms with Crippen LogP contribution in [0.4, 0.5) is 11.5 Å². The van der Waals surface area contributed by atoms with Crippen molar-refractivity contribution in [1.82, 2.24) is 9.78 Å². The monoisotopic (exact) mass is 394 g/mol. The van der Waals surface area contributed by atoms with Crippen LogP contribution in [-0.4, -0.2) is 28.1 Å². The average molecular weight is 395 g/mol. The second kappa shape index (κ2) is 7.13. The quantitative estimate of drug-likeness (QED) is 0.730. The van der Waals surface area contributed by atoms with Crippen LogP contribution in [0.3, 0.4) is 0 Å². The molecular formula is C21H19ClN4O2. The third-order valence-electron chi connectivity index (χ3n) is 4.85. The topological polar surface area (TPSA) is 67.2 Å². The maximum atomic E-state index is 12.7. The third-order valence-corrected chi connectivity index (χ3v) is 5.17. The molecule has 0 fully saturated rings. The van der Waals surface area contributed by atoms with Crippen molar-refractivity contribution in [2.24, 2.45) is 0 Å². The van der Waals surface area contributed by atoms with E-state index >= 15 is 0 Å². The average Bonchev–Trinajstić information content (AvgIpc) is 3.25. The number of anilines is 2. The van der Waals surface area contributed by atoms with Crippen molar-refractivity contribution in [3.8, 4) is 5.69 Å². The predicted octanol–water partition coefficient (Wildman–Crippen LogP) is 4.00. The smallest absolute Gasteiger partial charge is 0.256 e. The summed E-state index contributed by atoms with van der Waals surface area (Å²) < 4.78 is 1.65. The van der Waals surface area contributed by atoms with E-state index in [1.54, 1.807) is 28.6 Å². The van der Waals surface area contributed by atoms with E-state index in [4.69, 9.17) is 11.6 Å². The third kappa shape index (κ3) is 3.27. The number of aryl methyl sites for hydroxylation is 1. The molecule has 0 saturated heterocycles. The van der Waals surface area contributed by atoms with Gasteiger partial charge in [0, 0.05) is 36.5 Å². The van der Waals surface area contributed by atoms with E-state index in [2.05, 4.69) is 10.4 Å². The first-order valence-corrected chi connectivity index (χ1v) is 9.35. The number of fused-ring (bicyclic) bond motifs is 1. The van der Waals surface area contributed by atoms with Crippen LogP contribution in [0.15, 0.2) is 48.7 Å². The molecule has 1 aliphatic rings. The number of halogens is 1. The number of carbonyl (C=O) groups is 2. The van der Waals surface area contributed by atoms with Crippen molar-refractivity contribution in [3.63, 3.8) is 0 Å². The standard InChI is InChI=1S/C21H19ClN4O2/c1-13-12-26(19-6-4-3-5-17(19)22)24-20(13)23-21(28)16-7-8-18-15(11-16)9-10-25(18)14(2)27/h3-8,11-12H,9-10H2,1-2H3,(H,23,24,28). The van der Waals surface area contributed by atoms with Gasteiger partial charge in [-0.05, 0) is 49.2 Å². The summed E-state index contributed by atoms with van der Waals surface area (Å²) >= 11 is 6.23. The number of amides is 2. The van der Waals surface area contributed by atoms with E-state index in [9.17, 15) is 9.59 Å². The van der Waals surface area contributed by atoms with Gasteiger partial charge in [-0.2, -0.15) is 0 Å². The summed E-state index contributed by atoms with van der Waals surface area (Å²) in [6, 6.07) is 12.8. The molecule has 0 unspecified atom stereocenters. The van der Waals surface area contributed by atoms with Gasteiger partial charge in [-0.25, -0.2) is 4.68 Å². The van der Waals surface area contributed by atoms with Crippen molar-refractivity contribution >= 4 is 34.9 Å². The Kier molecular flexibility index (Phi) is 4.65. The Morgan fingerprint density at radius 3 is 2.68 bits per heavy atom. The molecule has 3 aromatic rings. The molecule has 0 saturated carbocycles. The Hall–Kier alpha value is -3.12. The molecule has 0 atom stereocenters. The van der Waals surface area contributed by atoms with Gasteiger partial charge >= 0.3 is 0 Å². The molecule has 4 rings (SSSR count). The molecule has 0 radical (unpaired) electrons. The molecule has 6 nitrogen and oxygen atoms in total. The fourth-order valence-electron chi connectivity index (χ4n) is 3.39. The number of nitrogens with one attached hydrogen (secondary N) is 1. The molecule has 28 heavy (non-hydrogen) atoms. The Balaban J connectivity index is 1.57. The minimum Gasteiger partial charge on any atom is -0.312 e. The lowest BCUT2D eigenvalue weighted by Crippen LogP contribution is -2.25. The van der Waals surface area contributed by atoms with Gasteiger partial charge in [0.05, 0.1) is 10.7 Å². The number of benzene rings is 2. The highest BCUT2D eigenvalue weighted by Gasteiger charge is 2.23. The minimum atomic E-state index is -0.239. The maximum Gasteiger partial charge on any atom is 0.256 e. The predicted molar refractivity (Wildman–Crippen MR) is 109 cm³/mol. The number of aromatic nitrogens is 2. The van der Waals surface area contributed by atoms with Crippen LogP contribution in [0.1, 0.15) is 28.4 Å². The maximum absolute atomic E-state index is 12.7. The molecule has 0 aliphatic carbocycles. The van der Waals surface area contributed by atoms with Gasteiger partial charge in [-0.3, -0.25) is 9.59 Å². The first kappa shape index (κ1) is 18.3. The molecule has 0 spiro atoms. The highest BCUT2D eigenvalue weighted by atomic mass is 35.5. The van der Waals surface area contributed by atoms with Gasteiger partial charge in [0.2, 0.25) is 5.91 Å². The van der Waals surface area contributed by atoms with Gasteiger partial charge in [-0.1, -0.05) is 23.7 Å². The van der Waals surface area contributed by atoms with Gasteiger partial charge in [0.15, 0.2) is 5.82 Å². The molecule has 2 amide bonds. The summed E-state index contributed by atoms with van der Waals surface area (Å²) in [5.41, 5.74) is 3.99. The molecule has 1 aromatic heterocycles. The highest BCUT2D eigenvalue weighted by molar-refractivity contribution is 6.32. The zero-order chi connectivity index (χ0) is 19.8. The van der Waals surface area contributed by atoms with Gasteiger partial charge in [0.1, 0.15) is 0 Å². The van der Waals surface area contributed by atoms with E-state index < -0.39 is 0 Å². The molecule has 2 aromatic carbocycles. The first-order chi connectivity index (χ1) is 13.4. The second-order valence-corrected chi connectivity index (χ2v) is 7.18. The number of hydrogen-bond acceptors (Lipinski definition) is 3. The number of rotatable bonds is 3. The molecule has 7 heteroatoms. The summed E-state index contributed by atoms with van der Waals surface area (Å²) in [4.78, 5) is 26.1. The van der Waals surface area contributed by atoms with E-state index in [1.807, 2.05) is 43.5 Å². The van der Waals surface area contributed by atoms with Crippen molar-refractivity contribution in [1.29, 1.82) is 0 Å². The van der Waals surface area contributed by atoms with Crippen molar-refractivity contribution in [2.45, 2.75) is 20.3 Å². The lowest BCUT2D eigenvalue weighted by Gasteiger charge is -2.14. The summed E-state index contributed by atoms with van der Waals surface area (Å²) in [5, 5.41) is 7.91. The minimum absolute atomic E-state index is 0.0108. The van der Waals surface area contributed by atoms with Crippen molar-refractivity contribution in [3.05, 3.63) is 70.4 Å². The van der Waals surface area contributed by atoms with Crippen LogP contribution in [0.5, 0.6) is 0 Å². The normalized spacial score (nSPS) is 12.8. The molecule has 0 bridgehead atoms. The van der Waals surface area contributed by atoms with Gasteiger partial charge in [-0.15, -0.1) is 5.10 Å². The summed E-state index contributed by atoms with van der Waals surface area (Å²) in [7, 11) is 0. The Labute approximate surface area is 167 Å². The summed E-state index contributed by atoms with van der Waals surface area (Å²) in [6.45, 7) is 4.08. The molecule has 1 N–H and O–H groups in total. The Morgan fingerprint density at radius 1 is 1.14 bits per heavy atom. The SMILES string of the molecule is CC(=O)N1CCc2cc(C(=O)Nc3nn(-c4ccccc4Cl)cc3C)ccc21. The van der Waals surface area contributed by atoms with E-state index in [0.29, 0.717) is 22.9 Å². The largest absolute Gasteiger partial charge is 0.312 e. The van der Waals surface area contributed by atoms with Gasteiger partial charge < -0.3 is 10.2 Å². The highest BCUT2D eigenvalue weighted by Crippen LogP contribution is 2.29. The van der Waals surface area contributed by atoms with Crippen molar-refractivity contribution in [2.75, 3.05) is 16.8 Å². The molecular weight excluding hydrogens is 376 g/mol. The zero-order valence-electron chi connectivity index (χ0n) is 15.6. The van der Waals surface area contributed by atoms with Crippen LogP contribution in [-0.2, 0) is 11.2 Å². The fourth-order valence-corrected chi connectivity index (χ4v) is 3.62. The molecule has 1 aliphatic heterocycles. The fraction of sp³-hybridized carbons (Fsp3) is 0.190. The van der Waals surface area contributed by atoms with Crippen LogP contribution in [0.2, 0.25) is 5.02 Å². The lowest BCUT2D eigenvalue weighted by atomic mass is 10.1. The van der Waals surface area contributed by atoms with Crippen LogP contribution >= 0.6 is 11.6 Å². The summed E-state index contributed by atoms with van der Waals surface area (Å²) in [6.07, 6.45) is 2.57. The van der Waals surface area contributed by atoms with E-state index in [0.717, 1.165) is 28.9 Å². The number of carbonyl (C=O) groups excluding carboxylic acids is 2.